The Morgan fingerprint density at radius 3 is 1.38 bits per heavy atom. The molecule has 6 heterocycles. The molecule has 0 spiro atoms. The van der Waals surface area contributed by atoms with Crippen molar-refractivity contribution in [3.8, 4) is 0 Å². The van der Waals surface area contributed by atoms with Gasteiger partial charge in [-0.2, -0.15) is 0 Å². The first-order chi connectivity index (χ1) is 23.8. The van der Waals surface area contributed by atoms with Gasteiger partial charge in [0.1, 0.15) is 61.5 Å². The van der Waals surface area contributed by atoms with Crippen LogP contribution >= 0.6 is 0 Å². The third-order valence-corrected chi connectivity index (χ3v) is 9.53. The zero-order valence-corrected chi connectivity index (χ0v) is 29.3. The van der Waals surface area contributed by atoms with Gasteiger partial charge in [0.05, 0.1) is 25.3 Å². The summed E-state index contributed by atoms with van der Waals surface area (Å²) in [6, 6.07) is -3.60. The molecule has 14 atom stereocenters. The number of fused-ring (bicyclic) bond motifs is 16. The van der Waals surface area contributed by atoms with Crippen LogP contribution < -0.4 is 21.3 Å². The maximum Gasteiger partial charge on any atom is 0.329 e. The van der Waals surface area contributed by atoms with Gasteiger partial charge in [0.2, 0.25) is 11.8 Å². The second-order valence-corrected chi connectivity index (χ2v) is 12.8. The molecule has 10 unspecified atom stereocenters. The number of hydrogen-bond acceptors (Lipinski definition) is 16. The fourth-order valence-electron chi connectivity index (χ4n) is 6.07. The molecule has 2 amide bonds. The molecule has 0 aromatic rings. The van der Waals surface area contributed by atoms with E-state index in [2.05, 4.69) is 21.3 Å². The van der Waals surface area contributed by atoms with Crippen LogP contribution in [0.1, 0.15) is 53.4 Å². The molecule has 0 aromatic carbocycles. The Morgan fingerprint density at radius 1 is 0.720 bits per heavy atom. The molecule has 0 radical (unpaired) electrons. The SMILES string of the molecule is CCC(C)C1NC2OCC(OC(=O)C(CC=O)NC1=O)C(OC)C2O.CCC(C)C1N[C@@H]2OC[C@H](OC(=O)C(CC=O)NC1=O)[C@H](OC)[C@@H]2O. The van der Waals surface area contributed by atoms with E-state index >= 15 is 0 Å². The third kappa shape index (κ3) is 10.0. The number of aliphatic hydroxyl groups is 2. The number of hydrogen-bond donors (Lipinski definition) is 6. The fraction of sp³-hybridized carbons (Fsp3) is 0.812. The van der Waals surface area contributed by atoms with Crippen LogP contribution in [0.25, 0.3) is 0 Å². The van der Waals surface area contributed by atoms with Gasteiger partial charge >= 0.3 is 11.9 Å². The monoisotopic (exact) mass is 716 g/mol. The van der Waals surface area contributed by atoms with Crippen molar-refractivity contribution in [1.29, 1.82) is 0 Å². The number of carbonyl (C=O) groups is 6. The Morgan fingerprint density at radius 2 is 1.08 bits per heavy atom. The Kier molecular flexibility index (Phi) is 16.1. The summed E-state index contributed by atoms with van der Waals surface area (Å²) in [7, 11) is 2.80. The van der Waals surface area contributed by atoms with E-state index in [9.17, 15) is 39.0 Å². The minimum atomic E-state index is -1.13. The molecular formula is C32H52N4O14. The normalized spacial score (nSPS) is 37.6. The van der Waals surface area contributed by atoms with E-state index in [1.807, 2.05) is 27.7 Å². The van der Waals surface area contributed by atoms with Gasteiger partial charge in [0.15, 0.2) is 12.2 Å². The molecule has 0 aromatic heterocycles. The Labute approximate surface area is 290 Å². The number of carbonyl (C=O) groups excluding carboxylic acids is 6. The summed E-state index contributed by atoms with van der Waals surface area (Å²) in [5, 5.41) is 32.1. The standard InChI is InChI=1S/2C16H26N2O7/c2*1-4-8(2)11-14(21)17-9(5-6-19)16(22)25-10-7-24-15(18-11)12(20)13(10)23-3/h2*6,8-13,15,18,20H,4-5,7H2,1-3H3,(H,17,21)/t8?,9?,10-,11?,12-,13-,15+;/m0./s1. The van der Waals surface area contributed by atoms with Crippen molar-refractivity contribution in [3.05, 3.63) is 0 Å². The predicted molar refractivity (Wildman–Crippen MR) is 171 cm³/mol. The second kappa shape index (κ2) is 19.5. The fourth-order valence-corrected chi connectivity index (χ4v) is 6.07. The molecule has 50 heavy (non-hydrogen) atoms. The van der Waals surface area contributed by atoms with Gasteiger partial charge in [-0.15, -0.1) is 0 Å². The van der Waals surface area contributed by atoms with E-state index in [4.69, 9.17) is 28.4 Å². The van der Waals surface area contributed by atoms with Crippen LogP contribution in [0.3, 0.4) is 0 Å². The number of amides is 2. The molecule has 18 heteroatoms. The highest BCUT2D eigenvalue weighted by molar-refractivity contribution is 5.90. The number of aldehydes is 2. The predicted octanol–water partition coefficient (Wildman–Crippen LogP) is -2.56. The number of nitrogens with one attached hydrogen (secondary N) is 4. The van der Waals surface area contributed by atoms with E-state index < -0.39 is 97.0 Å². The molecule has 18 nitrogen and oxygen atoms in total. The number of rotatable bonds is 10. The van der Waals surface area contributed by atoms with Gasteiger partial charge in [-0.05, 0) is 11.8 Å². The first kappa shape index (κ1) is 41.3. The molecule has 6 aliphatic heterocycles. The smallest absolute Gasteiger partial charge is 0.329 e. The van der Waals surface area contributed by atoms with Gasteiger partial charge in [0, 0.05) is 27.1 Å². The zero-order valence-electron chi connectivity index (χ0n) is 29.3. The third-order valence-electron chi connectivity index (χ3n) is 9.53. The number of esters is 2. The summed E-state index contributed by atoms with van der Waals surface area (Å²) >= 11 is 0. The average molecular weight is 717 g/mol. The lowest BCUT2D eigenvalue weighted by Crippen LogP contribution is -2.62. The molecule has 284 valence electrons. The number of methoxy groups -OCH3 is 2. The van der Waals surface area contributed by atoms with Gasteiger partial charge in [0.25, 0.3) is 0 Å². The lowest BCUT2D eigenvalue weighted by atomic mass is 9.96. The first-order valence-electron chi connectivity index (χ1n) is 16.9. The highest BCUT2D eigenvalue weighted by Crippen LogP contribution is 2.24. The lowest BCUT2D eigenvalue weighted by Gasteiger charge is -2.40. The summed E-state index contributed by atoms with van der Waals surface area (Å²) in [6.07, 6.45) is -5.15. The van der Waals surface area contributed by atoms with Gasteiger partial charge in [-0.1, -0.05) is 40.5 Å². The van der Waals surface area contributed by atoms with Crippen molar-refractivity contribution in [3.63, 3.8) is 0 Å². The van der Waals surface area contributed by atoms with Crippen LogP contribution in [0.5, 0.6) is 0 Å². The van der Waals surface area contributed by atoms with E-state index in [0.717, 1.165) is 0 Å². The molecule has 6 rings (SSSR count). The highest BCUT2D eigenvalue weighted by atomic mass is 16.6. The van der Waals surface area contributed by atoms with Gasteiger partial charge in [-0.3, -0.25) is 20.2 Å². The maximum atomic E-state index is 12.6. The molecule has 0 saturated carbocycles. The average Bonchev–Trinajstić information content (AvgIpc) is 3.14. The number of aliphatic hydroxyl groups excluding tert-OH is 2. The summed E-state index contributed by atoms with van der Waals surface area (Å²) in [4.78, 5) is 71.8. The summed E-state index contributed by atoms with van der Waals surface area (Å²) in [5.74, 6) is -2.61. The van der Waals surface area contributed by atoms with Crippen LogP contribution in [-0.2, 0) is 57.2 Å². The van der Waals surface area contributed by atoms with Crippen molar-refractivity contribution in [2.24, 2.45) is 11.8 Å². The van der Waals surface area contributed by atoms with Crippen LogP contribution in [0.4, 0.5) is 0 Å². The molecule has 6 fully saturated rings. The number of ether oxygens (including phenoxy) is 6. The van der Waals surface area contributed by atoms with Gasteiger partial charge in [-0.25, -0.2) is 9.59 Å². The van der Waals surface area contributed by atoms with Crippen molar-refractivity contribution >= 4 is 36.3 Å². The maximum absolute atomic E-state index is 12.6. The second-order valence-electron chi connectivity index (χ2n) is 12.8. The van der Waals surface area contributed by atoms with Crippen LogP contribution in [0, 0.1) is 11.8 Å². The van der Waals surface area contributed by atoms with Gasteiger partial charge < -0.3 is 58.9 Å². The van der Waals surface area contributed by atoms with Crippen molar-refractivity contribution in [2.45, 2.75) is 127 Å². The lowest BCUT2D eigenvalue weighted by molar-refractivity contribution is -0.219. The molecule has 6 N–H and O–H groups in total. The van der Waals surface area contributed by atoms with Crippen LogP contribution in [-0.4, -0.2) is 147 Å². The largest absolute Gasteiger partial charge is 0.455 e. The van der Waals surface area contributed by atoms with E-state index in [0.29, 0.717) is 25.4 Å². The molecule has 0 aliphatic carbocycles. The van der Waals surface area contributed by atoms with E-state index in [1.54, 1.807) is 0 Å². The minimum absolute atomic E-state index is 0.00813. The Hall–Kier alpha value is -3.10. The van der Waals surface area contributed by atoms with E-state index in [1.165, 1.54) is 14.2 Å². The van der Waals surface area contributed by atoms with Crippen LogP contribution in [0.2, 0.25) is 0 Å². The van der Waals surface area contributed by atoms with E-state index in [-0.39, 0.29) is 37.9 Å². The highest BCUT2D eigenvalue weighted by Gasteiger charge is 2.47. The minimum Gasteiger partial charge on any atom is -0.455 e. The quantitative estimate of drug-likeness (QED) is 0.0774. The zero-order chi connectivity index (χ0) is 37.1. The summed E-state index contributed by atoms with van der Waals surface area (Å²) in [5.41, 5.74) is 0. The van der Waals surface area contributed by atoms with Crippen molar-refractivity contribution < 1.29 is 67.4 Å². The molecular weight excluding hydrogens is 664 g/mol. The Balaban J connectivity index is 0.000000270. The van der Waals surface area contributed by atoms with Crippen LogP contribution in [0.15, 0.2) is 0 Å². The molecule has 4 bridgehead atoms. The Bertz CT molecular complexity index is 1090. The molecule has 6 aliphatic rings. The topological polar surface area (TPSA) is 246 Å². The first-order valence-corrected chi connectivity index (χ1v) is 16.9. The summed E-state index contributed by atoms with van der Waals surface area (Å²) < 4.78 is 32.4. The molecule has 6 saturated heterocycles. The van der Waals surface area contributed by atoms with Crippen molar-refractivity contribution in [2.75, 3.05) is 27.4 Å². The van der Waals surface area contributed by atoms with Crippen molar-refractivity contribution in [1.82, 2.24) is 21.3 Å². The summed E-state index contributed by atoms with van der Waals surface area (Å²) in [6.45, 7) is 7.61.